The molecule has 0 aliphatic carbocycles. The lowest BCUT2D eigenvalue weighted by Gasteiger charge is -2.07. The number of anilines is 1. The van der Waals surface area contributed by atoms with E-state index < -0.39 is 11.8 Å². The van der Waals surface area contributed by atoms with E-state index in [-0.39, 0.29) is 24.6 Å². The Morgan fingerprint density at radius 2 is 2.06 bits per heavy atom. The fourth-order valence-electron chi connectivity index (χ4n) is 1.24. The summed E-state index contributed by atoms with van der Waals surface area (Å²) in [5.74, 6) is -0.901. The lowest BCUT2D eigenvalue weighted by atomic mass is 10.3. The molecule has 0 spiro atoms. The number of carbonyl (C=O) groups is 2. The van der Waals surface area contributed by atoms with Gasteiger partial charge in [-0.05, 0) is 19.1 Å². The van der Waals surface area contributed by atoms with Crippen LogP contribution in [0.5, 0.6) is 0 Å². The minimum Gasteiger partial charge on any atom is -0.466 e. The number of rotatable bonds is 5. The molecule has 0 saturated carbocycles. The van der Waals surface area contributed by atoms with Crippen molar-refractivity contribution >= 4 is 17.7 Å². The number of nitrogens with one attached hydrogen (secondary N) is 2. The van der Waals surface area contributed by atoms with Crippen LogP contribution in [0.25, 0.3) is 0 Å². The predicted molar refractivity (Wildman–Crippen MR) is 64.7 cm³/mol. The maximum absolute atomic E-state index is 13.2. The number of halogens is 1. The Labute approximate surface area is 104 Å². The van der Waals surface area contributed by atoms with Crippen molar-refractivity contribution in [2.24, 2.45) is 0 Å². The second-order valence-electron chi connectivity index (χ2n) is 3.42. The average Bonchev–Trinajstić information content (AvgIpc) is 2.32. The molecule has 0 atom stereocenters. The van der Waals surface area contributed by atoms with Crippen LogP contribution in [0.2, 0.25) is 0 Å². The average molecular weight is 254 g/mol. The summed E-state index contributed by atoms with van der Waals surface area (Å²) in [5.41, 5.74) is 0.0890. The maximum atomic E-state index is 13.2. The molecule has 0 heterocycles. The molecule has 0 aliphatic heterocycles. The van der Waals surface area contributed by atoms with E-state index in [0.717, 1.165) is 0 Å². The zero-order valence-corrected chi connectivity index (χ0v) is 10.0. The highest BCUT2D eigenvalue weighted by Gasteiger charge is 2.06. The third-order valence-corrected chi connectivity index (χ3v) is 2.04. The highest BCUT2D eigenvalue weighted by atomic mass is 19.1. The van der Waals surface area contributed by atoms with Gasteiger partial charge in [0.15, 0.2) is 0 Å². The summed E-state index contributed by atoms with van der Waals surface area (Å²) in [6, 6.07) is 5.26. The monoisotopic (exact) mass is 254 g/mol. The number of hydrogen-bond donors (Lipinski definition) is 2. The molecule has 0 aromatic heterocycles. The largest absolute Gasteiger partial charge is 0.466 e. The highest BCUT2D eigenvalue weighted by Crippen LogP contribution is 2.11. The van der Waals surface area contributed by atoms with Crippen molar-refractivity contribution in [1.29, 1.82) is 0 Å². The first kappa shape index (κ1) is 14.0. The lowest BCUT2D eigenvalue weighted by Crippen LogP contribution is -2.31. The van der Waals surface area contributed by atoms with Gasteiger partial charge >= 0.3 is 12.0 Å². The molecule has 1 rings (SSSR count). The van der Waals surface area contributed by atoms with E-state index >= 15 is 0 Å². The zero-order chi connectivity index (χ0) is 13.4. The standard InChI is InChI=1S/C12H15FN2O3/c1-2-18-11(16)7-8-14-12(17)15-10-6-4-3-5-9(10)13/h3-6H,2,7-8H2,1H3,(H2,14,15,17). The molecule has 0 unspecified atom stereocenters. The summed E-state index contributed by atoms with van der Waals surface area (Å²) in [4.78, 5) is 22.3. The van der Waals surface area contributed by atoms with E-state index in [2.05, 4.69) is 10.6 Å². The molecular formula is C12H15FN2O3. The molecule has 0 radical (unpaired) electrons. The molecule has 1 aromatic carbocycles. The van der Waals surface area contributed by atoms with Crippen molar-refractivity contribution in [3.05, 3.63) is 30.1 Å². The first-order valence-electron chi connectivity index (χ1n) is 5.58. The number of hydrogen-bond acceptors (Lipinski definition) is 3. The first-order chi connectivity index (χ1) is 8.63. The van der Waals surface area contributed by atoms with Gasteiger partial charge in [-0.15, -0.1) is 0 Å². The molecule has 18 heavy (non-hydrogen) atoms. The Balaban J connectivity index is 2.30. The van der Waals surface area contributed by atoms with Crippen molar-refractivity contribution in [1.82, 2.24) is 5.32 Å². The van der Waals surface area contributed by atoms with Crippen LogP contribution in [0.4, 0.5) is 14.9 Å². The summed E-state index contributed by atoms with van der Waals surface area (Å²) in [6.07, 6.45) is 0.0819. The van der Waals surface area contributed by atoms with Crippen LogP contribution in [-0.4, -0.2) is 25.2 Å². The van der Waals surface area contributed by atoms with E-state index in [4.69, 9.17) is 4.74 Å². The summed E-state index contributed by atoms with van der Waals surface area (Å²) in [6.45, 7) is 2.15. The van der Waals surface area contributed by atoms with Crippen LogP contribution in [0.15, 0.2) is 24.3 Å². The maximum Gasteiger partial charge on any atom is 0.319 e. The minimum atomic E-state index is -0.565. The molecular weight excluding hydrogens is 239 g/mol. The van der Waals surface area contributed by atoms with Crippen molar-refractivity contribution in [2.45, 2.75) is 13.3 Å². The van der Waals surface area contributed by atoms with Crippen molar-refractivity contribution in [3.8, 4) is 0 Å². The van der Waals surface area contributed by atoms with Crippen molar-refractivity contribution < 1.29 is 18.7 Å². The molecule has 0 aliphatic rings. The van der Waals surface area contributed by atoms with E-state index in [9.17, 15) is 14.0 Å². The SMILES string of the molecule is CCOC(=O)CCNC(=O)Nc1ccccc1F. The number of amides is 2. The Bertz CT molecular complexity index is 424. The summed E-state index contributed by atoms with van der Waals surface area (Å²) in [7, 11) is 0. The Morgan fingerprint density at radius 1 is 1.33 bits per heavy atom. The van der Waals surface area contributed by atoms with Crippen LogP contribution >= 0.6 is 0 Å². The second-order valence-corrected chi connectivity index (χ2v) is 3.42. The second kappa shape index (κ2) is 7.26. The van der Waals surface area contributed by atoms with Gasteiger partial charge in [-0.25, -0.2) is 9.18 Å². The van der Waals surface area contributed by atoms with Gasteiger partial charge in [0.2, 0.25) is 0 Å². The minimum absolute atomic E-state index is 0.0819. The number of carbonyl (C=O) groups excluding carboxylic acids is 2. The number of ether oxygens (including phenoxy) is 1. The van der Waals surface area contributed by atoms with E-state index in [1.54, 1.807) is 13.0 Å². The summed E-state index contributed by atoms with van der Waals surface area (Å²) in [5, 5.41) is 4.77. The summed E-state index contributed by atoms with van der Waals surface area (Å²) < 4.78 is 17.9. The van der Waals surface area contributed by atoms with Gasteiger partial charge in [0.1, 0.15) is 5.82 Å². The molecule has 98 valence electrons. The molecule has 0 bridgehead atoms. The lowest BCUT2D eigenvalue weighted by molar-refractivity contribution is -0.142. The highest BCUT2D eigenvalue weighted by molar-refractivity contribution is 5.89. The first-order valence-corrected chi connectivity index (χ1v) is 5.58. The van der Waals surface area contributed by atoms with Gasteiger partial charge in [-0.1, -0.05) is 12.1 Å². The molecule has 6 heteroatoms. The van der Waals surface area contributed by atoms with Gasteiger partial charge in [0.05, 0.1) is 18.7 Å². The van der Waals surface area contributed by atoms with Crippen LogP contribution in [0.3, 0.4) is 0 Å². The fourth-order valence-corrected chi connectivity index (χ4v) is 1.24. The predicted octanol–water partition coefficient (Wildman–Crippen LogP) is 1.90. The quantitative estimate of drug-likeness (QED) is 0.788. The van der Waals surface area contributed by atoms with Crippen LogP contribution < -0.4 is 10.6 Å². The third kappa shape index (κ3) is 4.82. The molecule has 0 saturated heterocycles. The molecule has 1 aromatic rings. The molecule has 2 N–H and O–H groups in total. The smallest absolute Gasteiger partial charge is 0.319 e. The van der Waals surface area contributed by atoms with E-state index in [0.29, 0.717) is 6.61 Å². The number of para-hydroxylation sites is 1. The third-order valence-electron chi connectivity index (χ3n) is 2.04. The van der Waals surface area contributed by atoms with Crippen LogP contribution in [-0.2, 0) is 9.53 Å². The molecule has 2 amide bonds. The number of urea groups is 1. The number of benzene rings is 1. The van der Waals surface area contributed by atoms with E-state index in [1.807, 2.05) is 0 Å². The Kier molecular flexibility index (Phi) is 5.63. The fraction of sp³-hybridized carbons (Fsp3) is 0.333. The van der Waals surface area contributed by atoms with Gasteiger partial charge in [-0.3, -0.25) is 4.79 Å². The van der Waals surface area contributed by atoms with Crippen molar-refractivity contribution in [3.63, 3.8) is 0 Å². The topological polar surface area (TPSA) is 67.4 Å². The van der Waals surface area contributed by atoms with Gasteiger partial charge in [0.25, 0.3) is 0 Å². The molecule has 0 fully saturated rings. The zero-order valence-electron chi connectivity index (χ0n) is 10.0. The van der Waals surface area contributed by atoms with Crippen molar-refractivity contribution in [2.75, 3.05) is 18.5 Å². The van der Waals surface area contributed by atoms with Crippen LogP contribution in [0.1, 0.15) is 13.3 Å². The van der Waals surface area contributed by atoms with Gasteiger partial charge in [-0.2, -0.15) is 0 Å². The normalized spacial score (nSPS) is 9.67. The summed E-state index contributed by atoms with van der Waals surface area (Å²) >= 11 is 0. The van der Waals surface area contributed by atoms with Gasteiger partial charge in [0, 0.05) is 6.54 Å². The van der Waals surface area contributed by atoms with Crippen LogP contribution in [0, 0.1) is 5.82 Å². The molecule has 5 nitrogen and oxygen atoms in total. The number of esters is 1. The Morgan fingerprint density at radius 3 is 2.72 bits per heavy atom. The van der Waals surface area contributed by atoms with Gasteiger partial charge < -0.3 is 15.4 Å². The Hall–Kier alpha value is -2.11. The van der Waals surface area contributed by atoms with E-state index in [1.165, 1.54) is 18.2 Å².